The molecule has 0 amide bonds. The maximum atomic E-state index is 3.34. The molecule has 1 N–H and O–H groups in total. The van der Waals surface area contributed by atoms with Crippen LogP contribution in [0.15, 0.2) is 60.8 Å². The van der Waals surface area contributed by atoms with E-state index in [1.165, 1.54) is 27.6 Å². The molecule has 0 bridgehead atoms. The first-order valence-electron chi connectivity index (χ1n) is 7.70. The fourth-order valence-electron chi connectivity index (χ4n) is 2.77. The van der Waals surface area contributed by atoms with Crippen LogP contribution in [0.1, 0.15) is 16.7 Å². The highest BCUT2D eigenvalue weighted by atomic mass is 35.5. The predicted octanol–water partition coefficient (Wildman–Crippen LogP) is 5.04. The highest BCUT2D eigenvalue weighted by Crippen LogP contribution is 2.18. The number of H-pyrrole nitrogens is 1. The summed E-state index contributed by atoms with van der Waals surface area (Å²) in [7, 11) is 2.16. The molecule has 3 heteroatoms. The first kappa shape index (κ1) is 17.3. The van der Waals surface area contributed by atoms with Crippen LogP contribution in [0.2, 0.25) is 0 Å². The zero-order valence-electron chi connectivity index (χ0n) is 13.6. The fourth-order valence-corrected chi connectivity index (χ4v) is 2.77. The van der Waals surface area contributed by atoms with Crippen LogP contribution in [0.4, 0.5) is 0 Å². The molecule has 0 spiro atoms. The molecular formula is C20H23ClN2. The molecule has 0 unspecified atom stereocenters. The molecule has 0 fully saturated rings. The summed E-state index contributed by atoms with van der Waals surface area (Å²) in [5.74, 6) is 0. The van der Waals surface area contributed by atoms with Crippen LogP contribution in [0.5, 0.6) is 0 Å². The number of aromatic nitrogens is 1. The number of fused-ring (bicyclic) bond motifs is 1. The third-order valence-electron chi connectivity index (χ3n) is 4.02. The maximum Gasteiger partial charge on any atom is 0.0499 e. The lowest BCUT2D eigenvalue weighted by Crippen LogP contribution is -2.17. The van der Waals surface area contributed by atoms with Crippen LogP contribution in [-0.4, -0.2) is 23.5 Å². The van der Waals surface area contributed by atoms with Gasteiger partial charge in [0.25, 0.3) is 0 Å². The van der Waals surface area contributed by atoms with Gasteiger partial charge in [0.05, 0.1) is 0 Å². The van der Waals surface area contributed by atoms with Crippen LogP contribution >= 0.6 is 12.4 Å². The van der Waals surface area contributed by atoms with Crippen molar-refractivity contribution >= 4 is 29.4 Å². The number of benzene rings is 2. The van der Waals surface area contributed by atoms with E-state index in [-0.39, 0.29) is 12.4 Å². The van der Waals surface area contributed by atoms with Crippen LogP contribution < -0.4 is 0 Å². The molecule has 23 heavy (non-hydrogen) atoms. The number of aromatic amines is 1. The van der Waals surface area contributed by atoms with Crippen LogP contribution in [0.25, 0.3) is 17.0 Å². The molecule has 2 aromatic carbocycles. The molecule has 2 nitrogen and oxygen atoms in total. The number of hydrogen-bond acceptors (Lipinski definition) is 1. The molecule has 3 rings (SSSR count). The van der Waals surface area contributed by atoms with E-state index in [4.69, 9.17) is 0 Å². The number of para-hydroxylation sites is 1. The van der Waals surface area contributed by atoms with Gasteiger partial charge in [-0.25, -0.2) is 0 Å². The van der Waals surface area contributed by atoms with Crippen LogP contribution in [0, 0.1) is 6.92 Å². The number of nitrogens with zero attached hydrogens (tertiary/aromatic N) is 1. The topological polar surface area (TPSA) is 19.0 Å². The van der Waals surface area contributed by atoms with Crippen molar-refractivity contribution in [1.82, 2.24) is 9.88 Å². The Morgan fingerprint density at radius 2 is 1.87 bits per heavy atom. The third kappa shape index (κ3) is 4.25. The Labute approximate surface area is 144 Å². The van der Waals surface area contributed by atoms with E-state index < -0.39 is 0 Å². The lowest BCUT2D eigenvalue weighted by Gasteiger charge is -2.15. The van der Waals surface area contributed by atoms with E-state index in [2.05, 4.69) is 84.5 Å². The van der Waals surface area contributed by atoms with Crippen LogP contribution in [0.3, 0.4) is 0 Å². The summed E-state index contributed by atoms with van der Waals surface area (Å²) in [6.07, 6.45) is 6.45. The summed E-state index contributed by atoms with van der Waals surface area (Å²) >= 11 is 0. The molecule has 0 aliphatic rings. The summed E-state index contributed by atoms with van der Waals surface area (Å²) in [5, 5.41) is 1.28. The Morgan fingerprint density at radius 3 is 2.70 bits per heavy atom. The van der Waals surface area contributed by atoms with Gasteiger partial charge in [0, 0.05) is 24.8 Å². The minimum atomic E-state index is 0. The number of halogens is 1. The molecule has 0 aliphatic carbocycles. The van der Waals surface area contributed by atoms with Gasteiger partial charge in [0.1, 0.15) is 0 Å². The van der Waals surface area contributed by atoms with Gasteiger partial charge in [-0.05, 0) is 42.1 Å². The van der Waals surface area contributed by atoms with Crippen molar-refractivity contribution in [1.29, 1.82) is 0 Å². The Bertz CT molecular complexity index is 789. The maximum absolute atomic E-state index is 3.34. The SMILES string of the molecule is Cc1ccccc1/C=C/CN(C)Cc1cccc2cc[nH]c12.Cl. The lowest BCUT2D eigenvalue weighted by molar-refractivity contribution is 0.365. The van der Waals surface area contributed by atoms with Crippen molar-refractivity contribution in [3.63, 3.8) is 0 Å². The minimum absolute atomic E-state index is 0. The highest BCUT2D eigenvalue weighted by molar-refractivity contribution is 5.85. The molecule has 0 aliphatic heterocycles. The van der Waals surface area contributed by atoms with E-state index in [1.807, 2.05) is 6.20 Å². The van der Waals surface area contributed by atoms with E-state index in [9.17, 15) is 0 Å². The fraction of sp³-hybridized carbons (Fsp3) is 0.200. The summed E-state index contributed by atoms with van der Waals surface area (Å²) in [4.78, 5) is 5.66. The van der Waals surface area contributed by atoms with Gasteiger partial charge >= 0.3 is 0 Å². The number of rotatable bonds is 5. The molecule has 1 aromatic heterocycles. The molecule has 120 valence electrons. The normalized spacial score (nSPS) is 11.3. The monoisotopic (exact) mass is 326 g/mol. The third-order valence-corrected chi connectivity index (χ3v) is 4.02. The van der Waals surface area contributed by atoms with E-state index in [0.717, 1.165) is 13.1 Å². The smallest absolute Gasteiger partial charge is 0.0499 e. The predicted molar refractivity (Wildman–Crippen MR) is 102 cm³/mol. The number of aryl methyl sites for hydroxylation is 1. The molecular weight excluding hydrogens is 304 g/mol. The molecule has 0 radical (unpaired) electrons. The lowest BCUT2D eigenvalue weighted by atomic mass is 10.1. The van der Waals surface area contributed by atoms with E-state index in [1.54, 1.807) is 0 Å². The zero-order chi connectivity index (χ0) is 15.4. The largest absolute Gasteiger partial charge is 0.361 e. The van der Waals surface area contributed by atoms with Crippen LogP contribution in [-0.2, 0) is 6.54 Å². The minimum Gasteiger partial charge on any atom is -0.361 e. The highest BCUT2D eigenvalue weighted by Gasteiger charge is 2.04. The second-order valence-corrected chi connectivity index (χ2v) is 5.81. The Hall–Kier alpha value is -2.03. The summed E-state index contributed by atoms with van der Waals surface area (Å²) in [6, 6.07) is 17.1. The van der Waals surface area contributed by atoms with E-state index in [0.29, 0.717) is 0 Å². The van der Waals surface area contributed by atoms with Gasteiger partial charge in [0.2, 0.25) is 0 Å². The summed E-state index contributed by atoms with van der Waals surface area (Å²) in [6.45, 7) is 4.02. The number of nitrogens with one attached hydrogen (secondary N) is 1. The van der Waals surface area contributed by atoms with Crippen molar-refractivity contribution in [3.05, 3.63) is 77.5 Å². The van der Waals surface area contributed by atoms with Crippen molar-refractivity contribution in [3.8, 4) is 0 Å². The zero-order valence-corrected chi connectivity index (χ0v) is 14.4. The Morgan fingerprint density at radius 1 is 1.04 bits per heavy atom. The van der Waals surface area contributed by atoms with E-state index >= 15 is 0 Å². The van der Waals surface area contributed by atoms with Crippen molar-refractivity contribution in [2.45, 2.75) is 13.5 Å². The second kappa shape index (κ2) is 8.00. The van der Waals surface area contributed by atoms with Gasteiger partial charge in [-0.15, -0.1) is 12.4 Å². The second-order valence-electron chi connectivity index (χ2n) is 5.81. The summed E-state index contributed by atoms with van der Waals surface area (Å²) in [5.41, 5.74) is 5.20. The molecule has 0 atom stereocenters. The van der Waals surface area contributed by atoms with Crippen molar-refractivity contribution in [2.75, 3.05) is 13.6 Å². The molecule has 0 saturated carbocycles. The molecule has 3 aromatic rings. The van der Waals surface area contributed by atoms with Gasteiger partial charge in [0.15, 0.2) is 0 Å². The van der Waals surface area contributed by atoms with Crippen molar-refractivity contribution < 1.29 is 0 Å². The first-order valence-corrected chi connectivity index (χ1v) is 7.70. The Kier molecular flexibility index (Phi) is 6.03. The quantitative estimate of drug-likeness (QED) is 0.695. The molecule has 1 heterocycles. The Balaban J connectivity index is 0.00000192. The van der Waals surface area contributed by atoms with Crippen molar-refractivity contribution in [2.24, 2.45) is 0 Å². The average molecular weight is 327 g/mol. The first-order chi connectivity index (χ1) is 10.7. The number of hydrogen-bond donors (Lipinski definition) is 1. The average Bonchev–Trinajstić information content (AvgIpc) is 2.99. The standard InChI is InChI=1S/C20H22N2.ClH/c1-16-7-3-4-8-17(16)11-6-14-22(2)15-19-10-5-9-18-12-13-21-20(18)19;/h3-13,21H,14-15H2,1-2H3;1H/b11-6+;. The van der Waals surface area contributed by atoms with Gasteiger partial charge < -0.3 is 4.98 Å². The number of likely N-dealkylation sites (N-methyl/N-ethyl adjacent to an activating group) is 1. The van der Waals surface area contributed by atoms with Gasteiger partial charge in [-0.2, -0.15) is 0 Å². The van der Waals surface area contributed by atoms with Gasteiger partial charge in [-0.1, -0.05) is 54.6 Å². The summed E-state index contributed by atoms with van der Waals surface area (Å²) < 4.78 is 0. The molecule has 0 saturated heterocycles. The van der Waals surface area contributed by atoms with Gasteiger partial charge in [-0.3, -0.25) is 4.90 Å².